The third-order valence-electron chi connectivity index (χ3n) is 4.56. The molecule has 0 fully saturated rings. The van der Waals surface area contributed by atoms with E-state index in [9.17, 15) is 0 Å². The molecule has 0 amide bonds. The minimum atomic E-state index is -2.44. The predicted octanol–water partition coefficient (Wildman–Crippen LogP) is 4.03. The predicted molar refractivity (Wildman–Crippen MR) is 124 cm³/mol. The van der Waals surface area contributed by atoms with Crippen LogP contribution in [0, 0.1) is 0 Å². The molecule has 0 bridgehead atoms. The lowest BCUT2D eigenvalue weighted by Gasteiger charge is -2.43. The van der Waals surface area contributed by atoms with E-state index in [1.165, 1.54) is 10.4 Å². The van der Waals surface area contributed by atoms with Crippen LogP contribution >= 0.6 is 22.6 Å². The second-order valence-electron chi connectivity index (χ2n) is 7.43. The summed E-state index contributed by atoms with van der Waals surface area (Å²) in [6, 6.07) is 21.4. The van der Waals surface area contributed by atoms with Crippen molar-refractivity contribution in [2.75, 3.05) is 37.5 Å². The Morgan fingerprint density at radius 3 is 1.59 bits per heavy atom. The number of alkyl halides is 1. The molecule has 2 aromatic rings. The van der Waals surface area contributed by atoms with Crippen LogP contribution in [-0.2, 0) is 13.9 Å². The monoisotopic (exact) mass is 498 g/mol. The maximum atomic E-state index is 6.77. The van der Waals surface area contributed by atoms with Gasteiger partial charge in [0.05, 0.1) is 33.0 Å². The van der Waals surface area contributed by atoms with Crippen LogP contribution in [0.15, 0.2) is 60.7 Å². The Morgan fingerprint density at radius 2 is 1.15 bits per heavy atom. The zero-order chi connectivity index (χ0) is 19.6. The lowest BCUT2D eigenvalue weighted by molar-refractivity contribution is 0.0404. The highest BCUT2D eigenvalue weighted by Crippen LogP contribution is 2.36. The maximum Gasteiger partial charge on any atom is 0.261 e. The van der Waals surface area contributed by atoms with E-state index < -0.39 is 8.32 Å². The molecule has 2 rings (SSSR count). The molecule has 0 aromatic heterocycles. The molecule has 0 unspecified atom stereocenters. The van der Waals surface area contributed by atoms with E-state index in [2.05, 4.69) is 104 Å². The van der Waals surface area contributed by atoms with Crippen molar-refractivity contribution in [3.05, 3.63) is 60.7 Å². The Kier molecular flexibility index (Phi) is 9.45. The molecule has 0 radical (unpaired) electrons. The van der Waals surface area contributed by atoms with Crippen LogP contribution in [0.3, 0.4) is 0 Å². The molecule has 0 heterocycles. The van der Waals surface area contributed by atoms with Crippen LogP contribution < -0.4 is 10.4 Å². The van der Waals surface area contributed by atoms with Gasteiger partial charge in [0.25, 0.3) is 8.32 Å². The lowest BCUT2D eigenvalue weighted by Crippen LogP contribution is -2.66. The molecule has 0 spiro atoms. The number of rotatable bonds is 11. The Labute approximate surface area is 178 Å². The summed E-state index contributed by atoms with van der Waals surface area (Å²) in [6.07, 6.45) is 0. The van der Waals surface area contributed by atoms with Gasteiger partial charge < -0.3 is 13.9 Å². The van der Waals surface area contributed by atoms with E-state index in [1.54, 1.807) is 0 Å². The Bertz CT molecular complexity index is 604. The van der Waals surface area contributed by atoms with Gasteiger partial charge in [-0.3, -0.25) is 0 Å². The van der Waals surface area contributed by atoms with Gasteiger partial charge in [0.15, 0.2) is 0 Å². The smallest absolute Gasteiger partial charge is 0.261 e. The van der Waals surface area contributed by atoms with Gasteiger partial charge in [-0.15, -0.1) is 0 Å². The summed E-state index contributed by atoms with van der Waals surface area (Å²) < 4.78 is 19.0. The van der Waals surface area contributed by atoms with Crippen LogP contribution in [-0.4, -0.2) is 45.8 Å². The van der Waals surface area contributed by atoms with Crippen LogP contribution in [0.1, 0.15) is 20.8 Å². The summed E-state index contributed by atoms with van der Waals surface area (Å²) in [5, 5.41) is 2.60. The quantitative estimate of drug-likeness (QED) is 0.203. The SMILES string of the molecule is CC(C)(C)[Si](OCCOCCOCCI)(c1ccccc1)c1ccccc1. The zero-order valence-corrected chi connectivity index (χ0v) is 19.8. The fraction of sp³-hybridized carbons (Fsp3) is 0.455. The summed E-state index contributed by atoms with van der Waals surface area (Å²) in [5.74, 6) is 0. The molecular formula is C22H31IO3Si. The Morgan fingerprint density at radius 1 is 0.704 bits per heavy atom. The molecule has 0 aliphatic rings. The molecule has 2 aromatic carbocycles. The first-order chi connectivity index (χ1) is 13.0. The van der Waals surface area contributed by atoms with Gasteiger partial charge in [0, 0.05) is 4.43 Å². The van der Waals surface area contributed by atoms with Crippen molar-refractivity contribution in [2.24, 2.45) is 0 Å². The van der Waals surface area contributed by atoms with E-state index in [0.29, 0.717) is 26.4 Å². The van der Waals surface area contributed by atoms with Gasteiger partial charge >= 0.3 is 0 Å². The fourth-order valence-corrected chi connectivity index (χ4v) is 8.25. The van der Waals surface area contributed by atoms with Crippen molar-refractivity contribution in [1.29, 1.82) is 0 Å². The van der Waals surface area contributed by atoms with Gasteiger partial charge in [-0.1, -0.05) is 104 Å². The third-order valence-corrected chi connectivity index (χ3v) is 10.0. The molecule has 0 N–H and O–H groups in total. The van der Waals surface area contributed by atoms with Crippen LogP contribution in [0.25, 0.3) is 0 Å². The molecule has 0 saturated heterocycles. The highest BCUT2D eigenvalue weighted by atomic mass is 127. The van der Waals surface area contributed by atoms with Crippen LogP contribution in [0.2, 0.25) is 5.04 Å². The molecule has 0 aliphatic heterocycles. The zero-order valence-electron chi connectivity index (χ0n) is 16.6. The Hall–Kier alpha value is -0.733. The van der Waals surface area contributed by atoms with Gasteiger partial charge in [0.2, 0.25) is 0 Å². The first kappa shape index (κ1) is 22.6. The number of ether oxygens (including phenoxy) is 2. The molecule has 0 saturated carbocycles. The Balaban J connectivity index is 2.15. The van der Waals surface area contributed by atoms with Gasteiger partial charge in [-0.2, -0.15) is 0 Å². The summed E-state index contributed by atoms with van der Waals surface area (Å²) in [6.45, 7) is 10.1. The molecule has 3 nitrogen and oxygen atoms in total. The number of hydrogen-bond acceptors (Lipinski definition) is 3. The molecule has 148 valence electrons. The van der Waals surface area contributed by atoms with Gasteiger partial charge in [-0.05, 0) is 15.4 Å². The van der Waals surface area contributed by atoms with E-state index in [1.807, 2.05) is 0 Å². The lowest BCUT2D eigenvalue weighted by atomic mass is 10.2. The average Bonchev–Trinajstić information content (AvgIpc) is 2.67. The molecule has 27 heavy (non-hydrogen) atoms. The normalized spacial score (nSPS) is 12.3. The number of halogens is 1. The highest BCUT2D eigenvalue weighted by Gasteiger charge is 2.49. The summed E-state index contributed by atoms with van der Waals surface area (Å²) in [7, 11) is -2.44. The minimum Gasteiger partial charge on any atom is -0.405 e. The van der Waals surface area contributed by atoms with Crippen molar-refractivity contribution in [2.45, 2.75) is 25.8 Å². The summed E-state index contributed by atoms with van der Waals surface area (Å²) >= 11 is 2.31. The van der Waals surface area contributed by atoms with Crippen molar-refractivity contribution >= 4 is 41.3 Å². The second-order valence-corrected chi connectivity index (χ2v) is 12.8. The molecule has 0 aliphatic carbocycles. The standard InChI is InChI=1S/C22H31IO3Si/c1-22(2,3)27(20-10-6-4-7-11-20,21-12-8-5-9-13-21)26-19-18-25-17-16-24-15-14-23/h4-13H,14-19H2,1-3H3. The van der Waals surface area contributed by atoms with Crippen molar-refractivity contribution in [3.63, 3.8) is 0 Å². The van der Waals surface area contributed by atoms with E-state index in [-0.39, 0.29) is 5.04 Å². The van der Waals surface area contributed by atoms with Crippen molar-refractivity contribution in [3.8, 4) is 0 Å². The van der Waals surface area contributed by atoms with Crippen molar-refractivity contribution in [1.82, 2.24) is 0 Å². The summed E-state index contributed by atoms with van der Waals surface area (Å²) in [4.78, 5) is 0. The topological polar surface area (TPSA) is 27.7 Å². The van der Waals surface area contributed by atoms with E-state index in [0.717, 1.165) is 11.0 Å². The first-order valence-electron chi connectivity index (χ1n) is 9.49. The first-order valence-corrected chi connectivity index (χ1v) is 12.9. The van der Waals surface area contributed by atoms with Gasteiger partial charge in [0.1, 0.15) is 0 Å². The average molecular weight is 498 g/mol. The third kappa shape index (κ3) is 6.12. The minimum absolute atomic E-state index is 0.000889. The maximum absolute atomic E-state index is 6.77. The van der Waals surface area contributed by atoms with Crippen LogP contribution in [0.5, 0.6) is 0 Å². The number of hydrogen-bond donors (Lipinski definition) is 0. The van der Waals surface area contributed by atoms with Crippen LogP contribution in [0.4, 0.5) is 0 Å². The summed E-state index contributed by atoms with van der Waals surface area (Å²) in [5.41, 5.74) is 0. The highest BCUT2D eigenvalue weighted by molar-refractivity contribution is 14.1. The molecule has 5 heteroatoms. The van der Waals surface area contributed by atoms with Gasteiger partial charge in [-0.25, -0.2) is 0 Å². The number of benzene rings is 2. The van der Waals surface area contributed by atoms with E-state index in [4.69, 9.17) is 13.9 Å². The molecular weight excluding hydrogens is 467 g/mol. The molecule has 0 atom stereocenters. The van der Waals surface area contributed by atoms with Crippen molar-refractivity contribution < 1.29 is 13.9 Å². The fourth-order valence-electron chi connectivity index (χ4n) is 3.39. The largest absolute Gasteiger partial charge is 0.405 e. The second kappa shape index (κ2) is 11.3. The van der Waals surface area contributed by atoms with E-state index >= 15 is 0 Å².